The van der Waals surface area contributed by atoms with E-state index < -0.39 is 0 Å². The number of rotatable bonds is 2. The highest BCUT2D eigenvalue weighted by molar-refractivity contribution is 6.35. The maximum Gasteiger partial charge on any atom is 0.142 e. The Morgan fingerprint density at radius 2 is 1.35 bits per heavy atom. The van der Waals surface area contributed by atoms with Gasteiger partial charge in [0.15, 0.2) is 0 Å². The molecule has 0 amide bonds. The third-order valence-corrected chi connectivity index (χ3v) is 4.80. The lowest BCUT2D eigenvalue weighted by Crippen LogP contribution is -1.92. The summed E-state index contributed by atoms with van der Waals surface area (Å²) >= 11 is 11.2. The molecule has 7 heteroatoms. The predicted octanol–water partition coefficient (Wildman–Crippen LogP) is 6.28. The quantitative estimate of drug-likeness (QED) is 0.307. The molecule has 0 bridgehead atoms. The Labute approximate surface area is 192 Å². The first-order chi connectivity index (χ1) is 14.8. The van der Waals surface area contributed by atoms with Crippen LogP contribution >= 0.6 is 23.2 Å². The van der Waals surface area contributed by atoms with Crippen LogP contribution in [0.2, 0.25) is 10.0 Å². The highest BCUT2D eigenvalue weighted by Gasteiger charge is 1.99. The number of anilines is 3. The first-order valence-corrected chi connectivity index (χ1v) is 10.0. The van der Waals surface area contributed by atoms with Crippen molar-refractivity contribution in [3.8, 4) is 11.5 Å². The molecule has 0 saturated heterocycles. The van der Waals surface area contributed by atoms with E-state index in [2.05, 4.69) is 12.1 Å². The first-order valence-electron chi connectivity index (χ1n) is 9.27. The van der Waals surface area contributed by atoms with Gasteiger partial charge in [-0.2, -0.15) is 0 Å². The van der Waals surface area contributed by atoms with Crippen LogP contribution in [0.25, 0.3) is 10.8 Å². The van der Waals surface area contributed by atoms with Crippen molar-refractivity contribution in [2.24, 2.45) is 0 Å². The lowest BCUT2D eigenvalue weighted by Gasteiger charge is -2.05. The van der Waals surface area contributed by atoms with Gasteiger partial charge in [0, 0.05) is 22.2 Å². The maximum absolute atomic E-state index is 5.76. The van der Waals surface area contributed by atoms with Crippen LogP contribution in [0.5, 0.6) is 11.5 Å². The molecule has 0 unspecified atom stereocenters. The number of hydrogen-bond acceptors (Lipinski definition) is 5. The Morgan fingerprint density at radius 3 is 1.94 bits per heavy atom. The van der Waals surface area contributed by atoms with Crippen LogP contribution in [-0.4, -0.2) is 14.2 Å². The number of nitrogens with two attached hydrogens (primary N) is 3. The van der Waals surface area contributed by atoms with Crippen molar-refractivity contribution in [1.82, 2.24) is 0 Å². The van der Waals surface area contributed by atoms with Gasteiger partial charge in [-0.25, -0.2) is 0 Å². The Hall–Kier alpha value is -3.28. The number of methoxy groups -OCH3 is 2. The standard InChI is InChI=1S/C10H9N.C8H11NO2.C6H5Cl2N/c11-10-7-3-5-8-4-1-2-6-9(8)10;1-10-6-3-4-8(11-2)7(9)5-6;7-4-1-2-5(8)6(9)3-4/h1-7H,11H2;3-5H,9H2,1-2H3;1-3H,9H2. The minimum atomic E-state index is 0.518. The second-order valence-corrected chi connectivity index (χ2v) is 7.19. The number of benzene rings is 4. The van der Waals surface area contributed by atoms with E-state index in [1.54, 1.807) is 50.6 Å². The van der Waals surface area contributed by atoms with Crippen LogP contribution < -0.4 is 26.7 Å². The molecule has 4 aromatic carbocycles. The minimum Gasteiger partial charge on any atom is -0.497 e. The van der Waals surface area contributed by atoms with Gasteiger partial charge in [-0.15, -0.1) is 0 Å². The van der Waals surface area contributed by atoms with Gasteiger partial charge in [-0.3, -0.25) is 0 Å². The number of ether oxygens (including phenoxy) is 2. The van der Waals surface area contributed by atoms with E-state index in [-0.39, 0.29) is 0 Å². The first kappa shape index (κ1) is 24.0. The van der Waals surface area contributed by atoms with E-state index in [0.717, 1.165) is 16.8 Å². The van der Waals surface area contributed by atoms with E-state index in [1.165, 1.54) is 5.39 Å². The SMILES string of the molecule is COc1ccc(OC)c(N)c1.Nc1cc(Cl)ccc1Cl.Nc1cccc2ccccc12. The Kier molecular flexibility index (Phi) is 9.13. The summed E-state index contributed by atoms with van der Waals surface area (Å²) in [4.78, 5) is 0. The summed E-state index contributed by atoms with van der Waals surface area (Å²) < 4.78 is 9.92. The van der Waals surface area contributed by atoms with Crippen LogP contribution in [0.4, 0.5) is 17.1 Å². The Bertz CT molecular complexity index is 1130. The molecule has 0 aliphatic heterocycles. The monoisotopic (exact) mass is 457 g/mol. The third-order valence-electron chi connectivity index (χ3n) is 4.22. The summed E-state index contributed by atoms with van der Waals surface area (Å²) in [7, 11) is 3.18. The fraction of sp³-hybridized carbons (Fsp3) is 0.0833. The van der Waals surface area contributed by atoms with Crippen LogP contribution in [0, 0.1) is 0 Å². The number of hydrogen-bond donors (Lipinski definition) is 3. The topological polar surface area (TPSA) is 96.5 Å². The predicted molar refractivity (Wildman–Crippen MR) is 133 cm³/mol. The van der Waals surface area contributed by atoms with Crippen LogP contribution in [0.3, 0.4) is 0 Å². The molecular formula is C24H25Cl2N3O2. The summed E-state index contributed by atoms with van der Waals surface area (Å²) in [5.41, 5.74) is 18.7. The van der Waals surface area contributed by atoms with Gasteiger partial charge in [-0.05, 0) is 41.8 Å². The fourth-order valence-electron chi connectivity index (χ4n) is 2.60. The maximum atomic E-state index is 5.76. The molecule has 0 fully saturated rings. The van der Waals surface area contributed by atoms with E-state index in [1.807, 2.05) is 30.3 Å². The van der Waals surface area contributed by atoms with Gasteiger partial charge < -0.3 is 26.7 Å². The second-order valence-electron chi connectivity index (χ2n) is 6.34. The zero-order chi connectivity index (χ0) is 22.8. The van der Waals surface area contributed by atoms with Gasteiger partial charge in [-0.1, -0.05) is 59.6 Å². The number of nitrogen functional groups attached to an aromatic ring is 3. The molecule has 0 aromatic heterocycles. The summed E-state index contributed by atoms with van der Waals surface area (Å²) in [5, 5.41) is 3.49. The van der Waals surface area contributed by atoms with Crippen LogP contribution in [-0.2, 0) is 0 Å². The van der Waals surface area contributed by atoms with Gasteiger partial charge in [0.05, 0.1) is 30.6 Å². The van der Waals surface area contributed by atoms with E-state index >= 15 is 0 Å². The van der Waals surface area contributed by atoms with Gasteiger partial charge in [0.25, 0.3) is 0 Å². The molecule has 0 saturated carbocycles. The lowest BCUT2D eigenvalue weighted by molar-refractivity contribution is 0.405. The molecule has 0 aliphatic carbocycles. The molecule has 31 heavy (non-hydrogen) atoms. The lowest BCUT2D eigenvalue weighted by atomic mass is 10.1. The molecule has 0 radical (unpaired) electrons. The molecular weight excluding hydrogens is 433 g/mol. The third kappa shape index (κ3) is 7.17. The van der Waals surface area contributed by atoms with Crippen molar-refractivity contribution in [1.29, 1.82) is 0 Å². The highest BCUT2D eigenvalue weighted by Crippen LogP contribution is 2.25. The van der Waals surface area contributed by atoms with Gasteiger partial charge in [0.1, 0.15) is 11.5 Å². The molecule has 0 atom stereocenters. The second kappa shape index (κ2) is 11.8. The molecule has 4 aromatic rings. The zero-order valence-electron chi connectivity index (χ0n) is 17.3. The van der Waals surface area contributed by atoms with E-state index in [9.17, 15) is 0 Å². The normalized spacial score (nSPS) is 9.68. The van der Waals surface area contributed by atoms with Crippen molar-refractivity contribution >= 4 is 51.0 Å². The molecule has 4 rings (SSSR count). The smallest absolute Gasteiger partial charge is 0.142 e. The molecule has 0 aliphatic rings. The summed E-state index contributed by atoms with van der Waals surface area (Å²) in [6.07, 6.45) is 0. The van der Waals surface area contributed by atoms with E-state index in [4.69, 9.17) is 49.9 Å². The van der Waals surface area contributed by atoms with Gasteiger partial charge in [0.2, 0.25) is 0 Å². The number of fused-ring (bicyclic) bond motifs is 1. The van der Waals surface area contributed by atoms with Gasteiger partial charge >= 0.3 is 0 Å². The molecule has 5 nitrogen and oxygen atoms in total. The van der Waals surface area contributed by atoms with Crippen molar-refractivity contribution in [3.05, 3.63) is 88.9 Å². The van der Waals surface area contributed by atoms with Crippen molar-refractivity contribution < 1.29 is 9.47 Å². The number of halogens is 2. The van der Waals surface area contributed by atoms with E-state index in [0.29, 0.717) is 27.2 Å². The van der Waals surface area contributed by atoms with Crippen molar-refractivity contribution in [2.75, 3.05) is 31.4 Å². The summed E-state index contributed by atoms with van der Waals surface area (Å²) in [5.74, 6) is 1.41. The molecule has 0 spiro atoms. The molecule has 6 N–H and O–H groups in total. The van der Waals surface area contributed by atoms with Crippen molar-refractivity contribution in [2.45, 2.75) is 0 Å². The molecule has 0 heterocycles. The van der Waals surface area contributed by atoms with Crippen LogP contribution in [0.15, 0.2) is 78.9 Å². The minimum absolute atomic E-state index is 0.518. The van der Waals surface area contributed by atoms with Crippen molar-refractivity contribution in [3.63, 3.8) is 0 Å². The average Bonchev–Trinajstić information content (AvgIpc) is 2.78. The van der Waals surface area contributed by atoms with Crippen LogP contribution in [0.1, 0.15) is 0 Å². The molecule has 162 valence electrons. The largest absolute Gasteiger partial charge is 0.497 e. The fourth-order valence-corrected chi connectivity index (χ4v) is 2.90. The Morgan fingerprint density at radius 1 is 0.645 bits per heavy atom. The average molecular weight is 458 g/mol. The summed E-state index contributed by atoms with van der Waals surface area (Å²) in [6.45, 7) is 0. The highest BCUT2D eigenvalue weighted by atomic mass is 35.5. The zero-order valence-corrected chi connectivity index (χ0v) is 18.8. The summed E-state index contributed by atoms with van der Waals surface area (Å²) in [6, 6.07) is 24.3. The Balaban J connectivity index is 0.000000166.